The number of carboxylic acid groups (broad SMARTS) is 2. The highest BCUT2D eigenvalue weighted by Gasteiger charge is 2.17. The number of carbonyl (C=O) groups excluding carboxylic acids is 2. The summed E-state index contributed by atoms with van der Waals surface area (Å²) in [6.07, 6.45) is 8.27. The summed E-state index contributed by atoms with van der Waals surface area (Å²) < 4.78 is 10.2. The summed E-state index contributed by atoms with van der Waals surface area (Å²) in [5, 5.41) is 18.0. The number of aromatic carboxylic acids is 2. The summed E-state index contributed by atoms with van der Waals surface area (Å²) >= 11 is 0. The van der Waals surface area contributed by atoms with Crippen LogP contribution < -0.4 is 0 Å². The summed E-state index contributed by atoms with van der Waals surface area (Å²) in [5.41, 5.74) is 0.193. The Hall–Kier alpha value is -3.68. The van der Waals surface area contributed by atoms with Crippen LogP contribution in [0.2, 0.25) is 0 Å². The molecule has 8 heteroatoms. The number of hydrogen-bond acceptors (Lipinski definition) is 6. The van der Waals surface area contributed by atoms with Gasteiger partial charge in [-0.25, -0.2) is 19.2 Å². The number of hydrogen-bond donors (Lipinski definition) is 2. The third-order valence-corrected chi connectivity index (χ3v) is 6.07. The molecule has 2 aromatic carbocycles. The highest BCUT2D eigenvalue weighted by molar-refractivity contribution is 6.03. The van der Waals surface area contributed by atoms with Crippen molar-refractivity contribution in [3.8, 4) is 0 Å². The fourth-order valence-corrected chi connectivity index (χ4v) is 3.84. The minimum atomic E-state index is -1.12. The van der Waals surface area contributed by atoms with Gasteiger partial charge in [0.25, 0.3) is 0 Å². The van der Waals surface area contributed by atoms with E-state index in [1.54, 1.807) is 24.3 Å². The lowest BCUT2D eigenvalue weighted by molar-refractivity contribution is 0.0481. The number of esters is 2. The fraction of sp³-hybridized carbons (Fsp3) is 0.500. The molecule has 0 unspecified atom stereocenters. The van der Waals surface area contributed by atoms with Crippen molar-refractivity contribution >= 4 is 23.9 Å². The molecular weight excluding hydrogens is 512 g/mol. The first-order valence-electron chi connectivity index (χ1n) is 14.0. The van der Waals surface area contributed by atoms with Gasteiger partial charge in [-0.15, -0.1) is 0 Å². The van der Waals surface area contributed by atoms with Gasteiger partial charge in [-0.05, 0) is 48.9 Å². The predicted molar refractivity (Wildman–Crippen MR) is 154 cm³/mol. The van der Waals surface area contributed by atoms with E-state index in [1.165, 1.54) is 37.1 Å². The van der Waals surface area contributed by atoms with Crippen molar-refractivity contribution in [2.24, 2.45) is 11.8 Å². The molecule has 2 aromatic rings. The third kappa shape index (κ3) is 13.9. The SMILES string of the molecule is CC(C)CCCCCOC(=O)c1ccccc1C(=O)O.CC(C)CCCCCOC(=O)c1ccccc1C(=O)O. The van der Waals surface area contributed by atoms with E-state index in [0.29, 0.717) is 25.0 Å². The summed E-state index contributed by atoms with van der Waals surface area (Å²) in [6, 6.07) is 12.2. The van der Waals surface area contributed by atoms with E-state index >= 15 is 0 Å². The normalized spacial score (nSPS) is 10.6. The maximum Gasteiger partial charge on any atom is 0.339 e. The minimum Gasteiger partial charge on any atom is -0.478 e. The van der Waals surface area contributed by atoms with E-state index < -0.39 is 23.9 Å². The highest BCUT2D eigenvalue weighted by Crippen LogP contribution is 2.13. The van der Waals surface area contributed by atoms with Crippen LogP contribution in [0.3, 0.4) is 0 Å². The van der Waals surface area contributed by atoms with Crippen LogP contribution >= 0.6 is 0 Å². The second-order valence-electron chi connectivity index (χ2n) is 10.5. The van der Waals surface area contributed by atoms with Crippen molar-refractivity contribution in [2.45, 2.75) is 79.1 Å². The molecule has 0 aliphatic carbocycles. The molecule has 0 aliphatic heterocycles. The summed E-state index contributed by atoms with van der Waals surface area (Å²) in [4.78, 5) is 45.6. The lowest BCUT2D eigenvalue weighted by atomic mass is 10.1. The Morgan fingerprint density at radius 3 is 1.18 bits per heavy atom. The second kappa shape index (κ2) is 19.4. The van der Waals surface area contributed by atoms with Crippen LogP contribution in [0.1, 0.15) is 120 Å². The monoisotopic (exact) mass is 556 g/mol. The Labute approximate surface area is 237 Å². The first-order valence-corrected chi connectivity index (χ1v) is 14.0. The molecule has 0 aliphatic rings. The quantitative estimate of drug-likeness (QED) is 0.161. The standard InChI is InChI=1S/2C16H22O4/c2*1-12(2)8-4-3-7-11-20-16(19)14-10-6-5-9-13(14)15(17)18/h2*5-6,9-10,12H,3-4,7-8,11H2,1-2H3,(H,17,18). The summed E-state index contributed by atoms with van der Waals surface area (Å²) in [7, 11) is 0. The van der Waals surface area contributed by atoms with E-state index in [1.807, 2.05) is 0 Å². The average molecular weight is 557 g/mol. The zero-order chi connectivity index (χ0) is 29.9. The molecule has 40 heavy (non-hydrogen) atoms. The van der Waals surface area contributed by atoms with Gasteiger partial charge in [0, 0.05) is 0 Å². The molecular formula is C32H44O8. The van der Waals surface area contributed by atoms with Crippen LogP contribution in [0.4, 0.5) is 0 Å². The van der Waals surface area contributed by atoms with Crippen LogP contribution in [-0.4, -0.2) is 47.3 Å². The lowest BCUT2D eigenvalue weighted by Gasteiger charge is -2.07. The third-order valence-electron chi connectivity index (χ3n) is 6.07. The van der Waals surface area contributed by atoms with Gasteiger partial charge in [-0.2, -0.15) is 0 Å². The topological polar surface area (TPSA) is 127 Å². The summed E-state index contributed by atoms with van der Waals surface area (Å²) in [6.45, 7) is 9.41. The van der Waals surface area contributed by atoms with Crippen LogP contribution in [0, 0.1) is 11.8 Å². The van der Waals surface area contributed by atoms with Gasteiger partial charge in [0.05, 0.1) is 35.5 Å². The number of carboxylic acids is 2. The van der Waals surface area contributed by atoms with E-state index in [9.17, 15) is 19.2 Å². The highest BCUT2D eigenvalue weighted by atomic mass is 16.5. The molecule has 0 amide bonds. The van der Waals surface area contributed by atoms with Gasteiger partial charge in [-0.3, -0.25) is 0 Å². The van der Waals surface area contributed by atoms with Gasteiger partial charge in [0.1, 0.15) is 0 Å². The number of unbranched alkanes of at least 4 members (excludes halogenated alkanes) is 4. The van der Waals surface area contributed by atoms with Gasteiger partial charge < -0.3 is 19.7 Å². The Morgan fingerprint density at radius 2 is 0.875 bits per heavy atom. The van der Waals surface area contributed by atoms with Crippen LogP contribution in [0.5, 0.6) is 0 Å². The minimum absolute atomic E-state index is 0.0164. The van der Waals surface area contributed by atoms with Crippen molar-refractivity contribution in [3.05, 3.63) is 70.8 Å². The Morgan fingerprint density at radius 1 is 0.550 bits per heavy atom. The van der Waals surface area contributed by atoms with Gasteiger partial charge in [0.15, 0.2) is 0 Å². The first kappa shape index (κ1) is 34.3. The number of rotatable bonds is 16. The predicted octanol–water partition coefficient (Wildman–Crippen LogP) is 7.52. The maximum absolute atomic E-state index is 11.8. The Bertz CT molecular complexity index is 989. The molecule has 0 aromatic heterocycles. The van der Waals surface area contributed by atoms with E-state index in [2.05, 4.69) is 27.7 Å². The lowest BCUT2D eigenvalue weighted by Crippen LogP contribution is -2.12. The molecule has 220 valence electrons. The Kier molecular flexibility index (Phi) is 16.6. The van der Waals surface area contributed by atoms with Gasteiger partial charge in [-0.1, -0.05) is 90.5 Å². The molecule has 0 radical (unpaired) electrons. The molecule has 0 saturated heterocycles. The van der Waals surface area contributed by atoms with Crippen molar-refractivity contribution < 1.29 is 38.9 Å². The molecule has 2 N–H and O–H groups in total. The summed E-state index contributed by atoms with van der Waals surface area (Å²) in [5.74, 6) is -1.97. The van der Waals surface area contributed by atoms with Crippen LogP contribution in [0.25, 0.3) is 0 Å². The zero-order valence-electron chi connectivity index (χ0n) is 24.2. The molecule has 2 rings (SSSR count). The van der Waals surface area contributed by atoms with Crippen molar-refractivity contribution in [3.63, 3.8) is 0 Å². The maximum atomic E-state index is 11.8. The van der Waals surface area contributed by atoms with Crippen molar-refractivity contribution in [2.75, 3.05) is 13.2 Å². The van der Waals surface area contributed by atoms with Crippen molar-refractivity contribution in [1.29, 1.82) is 0 Å². The fourth-order valence-electron chi connectivity index (χ4n) is 3.84. The second-order valence-corrected chi connectivity index (χ2v) is 10.5. The van der Waals surface area contributed by atoms with Crippen LogP contribution in [0.15, 0.2) is 48.5 Å². The molecule has 0 fully saturated rings. The van der Waals surface area contributed by atoms with E-state index in [0.717, 1.165) is 38.5 Å². The van der Waals surface area contributed by atoms with Gasteiger partial charge in [0.2, 0.25) is 0 Å². The van der Waals surface area contributed by atoms with E-state index in [4.69, 9.17) is 19.7 Å². The molecule has 0 atom stereocenters. The van der Waals surface area contributed by atoms with E-state index in [-0.39, 0.29) is 22.3 Å². The largest absolute Gasteiger partial charge is 0.478 e. The smallest absolute Gasteiger partial charge is 0.339 e. The van der Waals surface area contributed by atoms with Crippen molar-refractivity contribution in [1.82, 2.24) is 0 Å². The number of benzene rings is 2. The number of carbonyl (C=O) groups is 4. The first-order chi connectivity index (χ1) is 19.0. The number of ether oxygens (including phenoxy) is 2. The average Bonchev–Trinajstić information content (AvgIpc) is 2.92. The van der Waals surface area contributed by atoms with Gasteiger partial charge >= 0.3 is 23.9 Å². The molecule has 0 saturated carbocycles. The van der Waals surface area contributed by atoms with Crippen LogP contribution in [-0.2, 0) is 9.47 Å². The molecule has 8 nitrogen and oxygen atoms in total. The molecule has 0 spiro atoms. The zero-order valence-corrected chi connectivity index (χ0v) is 24.2. The molecule has 0 bridgehead atoms. The Balaban J connectivity index is 0.000000400. The molecule has 0 heterocycles.